The van der Waals surface area contributed by atoms with E-state index in [0.717, 1.165) is 0 Å². The van der Waals surface area contributed by atoms with Crippen LogP contribution >= 0.6 is 15.2 Å². The van der Waals surface area contributed by atoms with Gasteiger partial charge in [0.1, 0.15) is 0 Å². The summed E-state index contributed by atoms with van der Waals surface area (Å²) in [6.45, 7) is 3.02. The van der Waals surface area contributed by atoms with Crippen LogP contribution in [0.15, 0.2) is 6.07 Å². The topological polar surface area (TPSA) is 176 Å². The van der Waals surface area contributed by atoms with Gasteiger partial charge in [-0.1, -0.05) is 0 Å². The first-order chi connectivity index (χ1) is 9.37. The van der Waals surface area contributed by atoms with Crippen LogP contribution < -0.4 is 39.8 Å². The van der Waals surface area contributed by atoms with Gasteiger partial charge in [-0.15, -0.1) is 0 Å². The summed E-state index contributed by atoms with van der Waals surface area (Å²) in [5.74, 6) is 0.110. The summed E-state index contributed by atoms with van der Waals surface area (Å²) in [4.78, 5) is 45.7. The number of hydrogen-bond acceptors (Lipinski definition) is 7. The van der Waals surface area contributed by atoms with Crippen molar-refractivity contribution in [3.63, 3.8) is 0 Å². The maximum Gasteiger partial charge on any atom is 1.00 e. The number of aryl methyl sites for hydroxylation is 2. The molecule has 1 heterocycles. The molecule has 120 valence electrons. The molecule has 1 aromatic rings. The van der Waals surface area contributed by atoms with Gasteiger partial charge in [0.05, 0.1) is 0 Å². The van der Waals surface area contributed by atoms with Crippen LogP contribution in [-0.4, -0.2) is 41.4 Å². The molecular weight excluding hydrogens is 347 g/mol. The fraction of sp³-hybridized carbons (Fsp3) is 0.556. The Labute approximate surface area is 149 Å². The maximum atomic E-state index is 11.1. The minimum atomic E-state index is -5.69. The molecule has 1 rings (SSSR count). The summed E-state index contributed by atoms with van der Waals surface area (Å²) in [7, 11) is -11.2. The zero-order valence-corrected chi connectivity index (χ0v) is 16.1. The van der Waals surface area contributed by atoms with Crippen LogP contribution in [-0.2, 0) is 9.13 Å². The Morgan fingerprint density at radius 3 is 2.05 bits per heavy atom. The van der Waals surface area contributed by atoms with Crippen molar-refractivity contribution < 1.29 is 63.4 Å². The molecule has 0 aliphatic rings. The predicted octanol–water partition coefficient (Wildman–Crippen LogP) is -3.73. The maximum absolute atomic E-state index is 11.1. The van der Waals surface area contributed by atoms with Crippen LogP contribution in [0, 0.1) is 13.8 Å². The van der Waals surface area contributed by atoms with Crippen molar-refractivity contribution in [1.29, 1.82) is 0 Å². The van der Waals surface area contributed by atoms with E-state index in [1.54, 1.807) is 19.9 Å². The quantitative estimate of drug-likeness (QED) is 0.249. The van der Waals surface area contributed by atoms with Gasteiger partial charge in [0, 0.05) is 24.4 Å². The Balaban J connectivity index is 0.00000441. The van der Waals surface area contributed by atoms with Crippen molar-refractivity contribution in [2.45, 2.75) is 25.4 Å². The summed E-state index contributed by atoms with van der Waals surface area (Å²) >= 11 is 0. The van der Waals surface area contributed by atoms with E-state index in [-0.39, 0.29) is 42.1 Å². The van der Waals surface area contributed by atoms with Gasteiger partial charge in [-0.25, -0.2) is 9.97 Å². The molecule has 2 atom stereocenters. The van der Waals surface area contributed by atoms with E-state index in [2.05, 4.69) is 15.3 Å². The molecule has 1 aromatic heterocycles. The third-order valence-electron chi connectivity index (χ3n) is 2.64. The number of rotatable bonds is 6. The second-order valence-corrected chi connectivity index (χ2v) is 8.45. The first kappa shape index (κ1) is 22.1. The third kappa shape index (κ3) is 5.35. The van der Waals surface area contributed by atoms with E-state index in [1.807, 2.05) is 0 Å². The van der Waals surface area contributed by atoms with E-state index < -0.39 is 26.7 Å². The van der Waals surface area contributed by atoms with Gasteiger partial charge in [0.15, 0.2) is 7.60 Å². The van der Waals surface area contributed by atoms with Crippen LogP contribution in [0.25, 0.3) is 0 Å². The molecule has 0 bridgehead atoms. The van der Waals surface area contributed by atoms with Crippen LogP contribution in [0.3, 0.4) is 0 Å². The van der Waals surface area contributed by atoms with E-state index >= 15 is 0 Å². The first-order valence-corrected chi connectivity index (χ1v) is 8.94. The smallest absolute Gasteiger partial charge is 0.776 e. The van der Waals surface area contributed by atoms with Crippen LogP contribution in [0.1, 0.15) is 17.8 Å². The first-order valence-electron chi connectivity index (χ1n) is 5.75. The fourth-order valence-electron chi connectivity index (χ4n) is 1.60. The Bertz CT molecular complexity index is 575. The normalized spacial score (nSPS) is 17.0. The largest absolute Gasteiger partial charge is 1.00 e. The van der Waals surface area contributed by atoms with Gasteiger partial charge in [-0.05, 0) is 19.9 Å². The molecule has 10 nitrogen and oxygen atoms in total. The molecule has 0 aromatic carbocycles. The van der Waals surface area contributed by atoms with E-state index in [0.29, 0.717) is 11.4 Å². The zero-order valence-electron chi connectivity index (χ0n) is 12.3. The molecule has 0 saturated carbocycles. The predicted molar refractivity (Wildman–Crippen MR) is 71.4 cm³/mol. The summed E-state index contributed by atoms with van der Waals surface area (Å²) in [5.41, 5.74) is 1.26. The molecule has 5 N–H and O–H groups in total. The van der Waals surface area contributed by atoms with E-state index in [9.17, 15) is 19.1 Å². The Morgan fingerprint density at radius 1 is 1.23 bits per heavy atom. The van der Waals surface area contributed by atoms with Crippen molar-refractivity contribution >= 4 is 21.1 Å². The average molecular weight is 363 g/mol. The molecule has 0 radical (unpaired) electrons. The van der Waals surface area contributed by atoms with Crippen molar-refractivity contribution in [2.75, 3.05) is 11.9 Å². The number of nitrogens with one attached hydrogen (secondary N) is 1. The monoisotopic (exact) mass is 363 g/mol. The molecule has 2 unspecified atom stereocenters. The van der Waals surface area contributed by atoms with Crippen molar-refractivity contribution in [1.82, 2.24) is 9.97 Å². The van der Waals surface area contributed by atoms with E-state index in [1.165, 1.54) is 0 Å². The number of aromatic nitrogens is 2. The fourth-order valence-corrected chi connectivity index (χ4v) is 3.71. The summed E-state index contributed by atoms with van der Waals surface area (Å²) in [5, 5.41) is 8.58. The van der Waals surface area contributed by atoms with Crippen LogP contribution in [0.5, 0.6) is 0 Å². The Hall–Kier alpha value is 0.140. The summed E-state index contributed by atoms with van der Waals surface area (Å²) in [6.07, 6.45) is -0.940. The number of anilines is 1. The van der Waals surface area contributed by atoms with Crippen LogP contribution in [0.4, 0.5) is 5.95 Å². The zero-order chi connectivity index (χ0) is 16.5. The second kappa shape index (κ2) is 7.81. The molecular formula is C9H16N3NaO7P2. The summed E-state index contributed by atoms with van der Waals surface area (Å²) in [6, 6.07) is 1.69. The number of aliphatic hydroxyl groups is 1. The molecule has 0 aliphatic heterocycles. The summed E-state index contributed by atoms with van der Waals surface area (Å²) < 4.78 is 22.1. The van der Waals surface area contributed by atoms with Crippen molar-refractivity contribution in [3.05, 3.63) is 17.5 Å². The van der Waals surface area contributed by atoms with Gasteiger partial charge < -0.3 is 34.6 Å². The molecule has 0 spiro atoms. The van der Waals surface area contributed by atoms with E-state index in [4.69, 9.17) is 14.7 Å². The minimum absolute atomic E-state index is 0. The number of hydrogen-bond donors (Lipinski definition) is 5. The molecule has 13 heteroatoms. The third-order valence-corrected chi connectivity index (χ3v) is 6.47. The average Bonchev–Trinajstić information content (AvgIpc) is 2.24. The molecule has 0 aliphatic carbocycles. The van der Waals surface area contributed by atoms with Gasteiger partial charge >= 0.3 is 37.2 Å². The Morgan fingerprint density at radius 2 is 1.68 bits per heavy atom. The van der Waals surface area contributed by atoms with Gasteiger partial charge in [0.2, 0.25) is 11.0 Å². The van der Waals surface area contributed by atoms with Gasteiger partial charge in [-0.2, -0.15) is 0 Å². The standard InChI is InChI=1S/C9H17N3O7P2.Na/c1-6-5-7(2)12-8(11-6)10-4-3-9(13,20(14,15)16)21(17,18)19;/h5,13H,3-4H2,1-2H3,(H,10,11,12)(H2,14,15,16)(H2,17,18,19);/q;+1/p-1. The van der Waals surface area contributed by atoms with Crippen molar-refractivity contribution in [3.8, 4) is 0 Å². The molecule has 0 amide bonds. The molecule has 0 fully saturated rings. The van der Waals surface area contributed by atoms with Gasteiger partial charge in [-0.3, -0.25) is 4.57 Å². The molecule has 22 heavy (non-hydrogen) atoms. The second-order valence-electron chi connectivity index (χ2n) is 4.49. The Kier molecular flexibility index (Phi) is 7.86. The van der Waals surface area contributed by atoms with Gasteiger partial charge in [0.25, 0.3) is 0 Å². The SMILES string of the molecule is Cc1cc(C)nc(NCCC(O)(P(=O)([O-])O)P(=O)(O)O)n1.[Na+]. The minimum Gasteiger partial charge on any atom is -0.776 e. The van der Waals surface area contributed by atoms with Crippen LogP contribution in [0.2, 0.25) is 0 Å². The molecule has 0 saturated heterocycles. The van der Waals surface area contributed by atoms with Crippen molar-refractivity contribution in [2.24, 2.45) is 0 Å². The number of nitrogens with zero attached hydrogens (tertiary/aromatic N) is 2.